The second-order valence-electron chi connectivity index (χ2n) is 7.82. The highest BCUT2D eigenvalue weighted by atomic mass is 16.5. The van der Waals surface area contributed by atoms with Crippen LogP contribution in [0.1, 0.15) is 17.9 Å². The molecule has 30 heavy (non-hydrogen) atoms. The van der Waals surface area contributed by atoms with Gasteiger partial charge in [0, 0.05) is 41.5 Å². The maximum Gasteiger partial charge on any atom is 0.220 e. The molecule has 0 radical (unpaired) electrons. The lowest BCUT2D eigenvalue weighted by Gasteiger charge is -2.14. The molecule has 150 valence electrons. The molecule has 2 aromatic heterocycles. The lowest BCUT2D eigenvalue weighted by Crippen LogP contribution is -2.16. The summed E-state index contributed by atoms with van der Waals surface area (Å²) >= 11 is 0. The van der Waals surface area contributed by atoms with Crippen LogP contribution in [0.2, 0.25) is 0 Å². The van der Waals surface area contributed by atoms with Gasteiger partial charge in [-0.05, 0) is 61.4 Å². The van der Waals surface area contributed by atoms with E-state index in [1.165, 1.54) is 0 Å². The summed E-state index contributed by atoms with van der Waals surface area (Å²) in [4.78, 5) is 25.1. The van der Waals surface area contributed by atoms with Crippen molar-refractivity contribution in [2.24, 2.45) is 5.92 Å². The van der Waals surface area contributed by atoms with Gasteiger partial charge in [0.25, 0.3) is 0 Å². The molecule has 0 spiro atoms. The summed E-state index contributed by atoms with van der Waals surface area (Å²) < 4.78 is 6.18. The van der Waals surface area contributed by atoms with Gasteiger partial charge in [-0.1, -0.05) is 6.07 Å². The predicted molar refractivity (Wildman–Crippen MR) is 116 cm³/mol. The molecule has 1 aliphatic heterocycles. The van der Waals surface area contributed by atoms with Gasteiger partial charge in [-0.3, -0.25) is 9.78 Å². The molecule has 1 atom stereocenters. The number of rotatable bonds is 4. The lowest BCUT2D eigenvalue weighted by molar-refractivity contribution is -0.119. The molecule has 1 aliphatic rings. The minimum Gasteiger partial charge on any atom is -0.492 e. The molecule has 1 N–H and O–H groups in total. The van der Waals surface area contributed by atoms with Crippen molar-refractivity contribution in [1.29, 1.82) is 0 Å². The topological polar surface area (TPSA) is 77.0 Å². The smallest absolute Gasteiger partial charge is 0.220 e. The fourth-order valence-corrected chi connectivity index (χ4v) is 4.03. The van der Waals surface area contributed by atoms with E-state index < -0.39 is 0 Å². The standard InChI is InChI=1S/C24H22N4O2/c1-14-20-9-17(5-6-21(20)28-15(2)27-14)18-10-22-19(4-3-7-25-22)23(11-18)30-13-16-8-24(29)26-12-16/h3-7,9-11,16H,8,12-13H2,1-2H3,(H,26,29). The zero-order valence-electron chi connectivity index (χ0n) is 17.0. The Bertz CT molecular complexity index is 1290. The number of ether oxygens (including phenoxy) is 1. The first kappa shape index (κ1) is 18.5. The summed E-state index contributed by atoms with van der Waals surface area (Å²) in [5.74, 6) is 1.84. The fourth-order valence-electron chi connectivity index (χ4n) is 4.03. The van der Waals surface area contributed by atoms with Gasteiger partial charge in [0.05, 0.1) is 17.6 Å². The van der Waals surface area contributed by atoms with E-state index in [0.717, 1.165) is 50.2 Å². The van der Waals surface area contributed by atoms with Crippen LogP contribution in [0.15, 0.2) is 48.7 Å². The minimum atomic E-state index is 0.0906. The first-order chi connectivity index (χ1) is 14.6. The normalized spacial score (nSPS) is 16.2. The quantitative estimate of drug-likeness (QED) is 0.563. The maximum absolute atomic E-state index is 11.5. The van der Waals surface area contributed by atoms with Crippen LogP contribution in [0.25, 0.3) is 32.9 Å². The number of hydrogen-bond donors (Lipinski definition) is 1. The molecule has 2 aromatic carbocycles. The van der Waals surface area contributed by atoms with Crippen molar-refractivity contribution in [3.63, 3.8) is 0 Å². The Labute approximate surface area is 174 Å². The van der Waals surface area contributed by atoms with Gasteiger partial charge in [-0.15, -0.1) is 0 Å². The largest absolute Gasteiger partial charge is 0.492 e. The second kappa shape index (κ2) is 7.37. The molecular weight excluding hydrogens is 376 g/mol. The molecule has 5 rings (SSSR count). The average Bonchev–Trinajstić information content (AvgIpc) is 3.16. The highest BCUT2D eigenvalue weighted by molar-refractivity contribution is 5.92. The molecule has 4 aromatic rings. The van der Waals surface area contributed by atoms with Crippen LogP contribution in [0.4, 0.5) is 0 Å². The molecule has 6 nitrogen and oxygen atoms in total. The molecule has 0 saturated carbocycles. The Morgan fingerprint density at radius 2 is 1.93 bits per heavy atom. The SMILES string of the molecule is Cc1nc(C)c2cc(-c3cc(OCC4CNC(=O)C4)c4cccnc4c3)ccc2n1. The average molecular weight is 398 g/mol. The molecule has 1 unspecified atom stereocenters. The van der Waals surface area contributed by atoms with Crippen molar-refractivity contribution in [3.8, 4) is 16.9 Å². The van der Waals surface area contributed by atoms with Crippen LogP contribution in [-0.2, 0) is 4.79 Å². The van der Waals surface area contributed by atoms with Crippen molar-refractivity contribution in [1.82, 2.24) is 20.3 Å². The number of carbonyl (C=O) groups excluding carboxylic acids is 1. The van der Waals surface area contributed by atoms with E-state index >= 15 is 0 Å². The fraction of sp³-hybridized carbons (Fsp3) is 0.250. The second-order valence-corrected chi connectivity index (χ2v) is 7.82. The molecule has 0 bridgehead atoms. The van der Waals surface area contributed by atoms with Crippen LogP contribution in [0.5, 0.6) is 5.75 Å². The zero-order chi connectivity index (χ0) is 20.7. The summed E-state index contributed by atoms with van der Waals surface area (Å²) in [7, 11) is 0. The van der Waals surface area contributed by atoms with E-state index in [9.17, 15) is 4.79 Å². The van der Waals surface area contributed by atoms with Gasteiger partial charge in [-0.2, -0.15) is 0 Å². The van der Waals surface area contributed by atoms with E-state index in [2.05, 4.69) is 44.5 Å². The molecule has 1 fully saturated rings. The van der Waals surface area contributed by atoms with Gasteiger partial charge < -0.3 is 10.1 Å². The number of benzene rings is 2. The number of pyridine rings is 1. The number of nitrogens with zero attached hydrogens (tertiary/aromatic N) is 3. The van der Waals surface area contributed by atoms with E-state index in [1.54, 1.807) is 6.20 Å². The van der Waals surface area contributed by atoms with Crippen molar-refractivity contribution in [3.05, 3.63) is 60.2 Å². The molecule has 3 heterocycles. The van der Waals surface area contributed by atoms with E-state index in [0.29, 0.717) is 19.6 Å². The number of hydrogen-bond acceptors (Lipinski definition) is 5. The van der Waals surface area contributed by atoms with Gasteiger partial charge in [-0.25, -0.2) is 9.97 Å². The molecular formula is C24H22N4O2. The van der Waals surface area contributed by atoms with Crippen molar-refractivity contribution >= 4 is 27.7 Å². The predicted octanol–water partition coefficient (Wildman–Crippen LogP) is 3.98. The minimum absolute atomic E-state index is 0.0906. The van der Waals surface area contributed by atoms with Gasteiger partial charge >= 0.3 is 0 Å². The maximum atomic E-state index is 11.5. The first-order valence-electron chi connectivity index (χ1n) is 10.1. The molecule has 0 aliphatic carbocycles. The van der Waals surface area contributed by atoms with Crippen LogP contribution < -0.4 is 10.1 Å². The summed E-state index contributed by atoms with van der Waals surface area (Å²) in [5.41, 5.74) is 4.88. The number of nitrogens with one attached hydrogen (secondary N) is 1. The molecule has 1 amide bonds. The third kappa shape index (κ3) is 3.45. The summed E-state index contributed by atoms with van der Waals surface area (Å²) in [6.07, 6.45) is 2.30. The molecule has 6 heteroatoms. The Kier molecular flexibility index (Phi) is 4.54. The van der Waals surface area contributed by atoms with Crippen molar-refractivity contribution in [2.45, 2.75) is 20.3 Å². The highest BCUT2D eigenvalue weighted by Crippen LogP contribution is 2.33. The van der Waals surface area contributed by atoms with E-state index in [-0.39, 0.29) is 11.8 Å². The van der Waals surface area contributed by atoms with E-state index in [4.69, 9.17) is 4.74 Å². The van der Waals surface area contributed by atoms with Crippen LogP contribution >= 0.6 is 0 Å². The monoisotopic (exact) mass is 398 g/mol. The highest BCUT2D eigenvalue weighted by Gasteiger charge is 2.22. The van der Waals surface area contributed by atoms with Gasteiger partial charge in [0.2, 0.25) is 5.91 Å². The number of fused-ring (bicyclic) bond motifs is 2. The summed E-state index contributed by atoms with van der Waals surface area (Å²) in [6, 6.07) is 14.3. The van der Waals surface area contributed by atoms with Crippen LogP contribution in [-0.4, -0.2) is 34.0 Å². The summed E-state index contributed by atoms with van der Waals surface area (Å²) in [6.45, 7) is 5.08. The van der Waals surface area contributed by atoms with Crippen LogP contribution in [0, 0.1) is 19.8 Å². The third-order valence-corrected chi connectivity index (χ3v) is 5.55. The number of aryl methyl sites for hydroxylation is 2. The Hall–Kier alpha value is -3.54. The van der Waals surface area contributed by atoms with E-state index in [1.807, 2.05) is 32.0 Å². The van der Waals surface area contributed by atoms with Gasteiger partial charge in [0.15, 0.2) is 0 Å². The zero-order valence-corrected chi connectivity index (χ0v) is 17.0. The van der Waals surface area contributed by atoms with Crippen molar-refractivity contribution < 1.29 is 9.53 Å². The Morgan fingerprint density at radius 1 is 1.03 bits per heavy atom. The number of amides is 1. The Balaban J connectivity index is 1.56. The summed E-state index contributed by atoms with van der Waals surface area (Å²) in [5, 5.41) is 4.87. The Morgan fingerprint density at radius 3 is 2.77 bits per heavy atom. The lowest BCUT2D eigenvalue weighted by atomic mass is 10.0. The van der Waals surface area contributed by atoms with Crippen molar-refractivity contribution in [2.75, 3.05) is 13.2 Å². The third-order valence-electron chi connectivity index (χ3n) is 5.55. The molecule has 1 saturated heterocycles. The number of aromatic nitrogens is 3. The first-order valence-corrected chi connectivity index (χ1v) is 10.1. The van der Waals surface area contributed by atoms with Gasteiger partial charge in [0.1, 0.15) is 11.6 Å². The number of carbonyl (C=O) groups is 1. The van der Waals surface area contributed by atoms with Crippen LogP contribution in [0.3, 0.4) is 0 Å².